The molecule has 94 valence electrons. The molecule has 2 saturated carbocycles. The molecule has 2 rings (SSSR count). The second-order valence-electron chi connectivity index (χ2n) is 5.72. The standard InChI is InChI=1S/C14H28N2/c1-12(15-13-8-4-2-5-9-13)16-14-10-6-3-7-11-14/h12-16H,2-11H2,1H3. The quantitative estimate of drug-likeness (QED) is 0.717. The van der Waals surface area contributed by atoms with Crippen molar-refractivity contribution in [3.8, 4) is 0 Å². The fourth-order valence-electron chi connectivity index (χ4n) is 3.29. The summed E-state index contributed by atoms with van der Waals surface area (Å²) in [6.45, 7) is 2.29. The molecule has 0 atom stereocenters. The first kappa shape index (κ1) is 12.4. The Morgan fingerprint density at radius 1 is 0.688 bits per heavy atom. The van der Waals surface area contributed by atoms with Gasteiger partial charge in [0.25, 0.3) is 0 Å². The first-order chi connectivity index (χ1) is 7.84. The molecule has 0 aromatic carbocycles. The van der Waals surface area contributed by atoms with Crippen molar-refractivity contribution in [1.82, 2.24) is 10.6 Å². The Morgan fingerprint density at radius 2 is 1.06 bits per heavy atom. The second-order valence-corrected chi connectivity index (χ2v) is 5.72. The van der Waals surface area contributed by atoms with E-state index in [2.05, 4.69) is 17.6 Å². The Morgan fingerprint density at radius 3 is 1.44 bits per heavy atom. The molecule has 0 spiro atoms. The van der Waals surface area contributed by atoms with E-state index in [-0.39, 0.29) is 0 Å². The van der Waals surface area contributed by atoms with Crippen LogP contribution in [-0.4, -0.2) is 18.2 Å². The maximum absolute atomic E-state index is 3.75. The lowest BCUT2D eigenvalue weighted by molar-refractivity contribution is 0.275. The van der Waals surface area contributed by atoms with Gasteiger partial charge in [0.1, 0.15) is 0 Å². The van der Waals surface area contributed by atoms with E-state index in [0.29, 0.717) is 6.17 Å². The van der Waals surface area contributed by atoms with Crippen LogP contribution < -0.4 is 10.6 Å². The van der Waals surface area contributed by atoms with Crippen molar-refractivity contribution in [1.29, 1.82) is 0 Å². The number of hydrogen-bond acceptors (Lipinski definition) is 2. The molecule has 0 amide bonds. The van der Waals surface area contributed by atoms with Gasteiger partial charge in [0.2, 0.25) is 0 Å². The highest BCUT2D eigenvalue weighted by molar-refractivity contribution is 4.78. The average molecular weight is 224 g/mol. The molecule has 2 N–H and O–H groups in total. The van der Waals surface area contributed by atoms with Crippen molar-refractivity contribution < 1.29 is 0 Å². The molecule has 0 aromatic heterocycles. The van der Waals surface area contributed by atoms with Gasteiger partial charge in [-0.2, -0.15) is 0 Å². The van der Waals surface area contributed by atoms with Gasteiger partial charge in [0.05, 0.1) is 6.17 Å². The highest BCUT2D eigenvalue weighted by atomic mass is 15.1. The summed E-state index contributed by atoms with van der Waals surface area (Å²) in [5.41, 5.74) is 0. The largest absolute Gasteiger partial charge is 0.299 e. The van der Waals surface area contributed by atoms with E-state index in [1.165, 1.54) is 64.2 Å². The lowest BCUT2D eigenvalue weighted by Gasteiger charge is -2.31. The van der Waals surface area contributed by atoms with E-state index >= 15 is 0 Å². The van der Waals surface area contributed by atoms with E-state index in [0.717, 1.165) is 12.1 Å². The van der Waals surface area contributed by atoms with Gasteiger partial charge >= 0.3 is 0 Å². The Hall–Kier alpha value is -0.0800. The van der Waals surface area contributed by atoms with Crippen LogP contribution in [0.3, 0.4) is 0 Å². The molecular weight excluding hydrogens is 196 g/mol. The molecule has 0 unspecified atom stereocenters. The van der Waals surface area contributed by atoms with Gasteiger partial charge in [-0.1, -0.05) is 38.5 Å². The van der Waals surface area contributed by atoms with Gasteiger partial charge in [-0.05, 0) is 32.6 Å². The van der Waals surface area contributed by atoms with Crippen LogP contribution >= 0.6 is 0 Å². The zero-order chi connectivity index (χ0) is 11.2. The number of rotatable bonds is 4. The van der Waals surface area contributed by atoms with Crippen molar-refractivity contribution in [2.45, 2.75) is 89.4 Å². The highest BCUT2D eigenvalue weighted by Crippen LogP contribution is 2.19. The third-order valence-electron chi connectivity index (χ3n) is 4.18. The maximum Gasteiger partial charge on any atom is 0.0546 e. The van der Waals surface area contributed by atoms with E-state index in [4.69, 9.17) is 0 Å². The van der Waals surface area contributed by atoms with Crippen LogP contribution in [0.2, 0.25) is 0 Å². The van der Waals surface area contributed by atoms with E-state index < -0.39 is 0 Å². The second kappa shape index (κ2) is 6.61. The lowest BCUT2D eigenvalue weighted by Crippen LogP contribution is -2.50. The summed E-state index contributed by atoms with van der Waals surface area (Å²) in [7, 11) is 0. The van der Waals surface area contributed by atoms with Gasteiger partial charge in [-0.3, -0.25) is 10.6 Å². The van der Waals surface area contributed by atoms with Gasteiger partial charge in [0, 0.05) is 12.1 Å². The third-order valence-corrected chi connectivity index (χ3v) is 4.18. The molecular formula is C14H28N2. The SMILES string of the molecule is CC(NC1CCCCC1)NC1CCCCC1. The van der Waals surface area contributed by atoms with Crippen LogP contribution in [0.15, 0.2) is 0 Å². The predicted octanol–water partition coefficient (Wildman–Crippen LogP) is 3.18. The fourth-order valence-corrected chi connectivity index (χ4v) is 3.29. The summed E-state index contributed by atoms with van der Waals surface area (Å²) >= 11 is 0. The molecule has 2 fully saturated rings. The highest BCUT2D eigenvalue weighted by Gasteiger charge is 2.18. The van der Waals surface area contributed by atoms with Gasteiger partial charge in [-0.25, -0.2) is 0 Å². The molecule has 2 nitrogen and oxygen atoms in total. The summed E-state index contributed by atoms with van der Waals surface area (Å²) in [6.07, 6.45) is 14.6. The summed E-state index contributed by atoms with van der Waals surface area (Å²) < 4.78 is 0. The Kier molecular flexibility index (Phi) is 5.11. The zero-order valence-corrected chi connectivity index (χ0v) is 10.8. The predicted molar refractivity (Wildman–Crippen MR) is 69.5 cm³/mol. The molecule has 0 aromatic rings. The van der Waals surface area contributed by atoms with E-state index in [9.17, 15) is 0 Å². The zero-order valence-electron chi connectivity index (χ0n) is 10.8. The summed E-state index contributed by atoms with van der Waals surface area (Å²) in [5, 5.41) is 7.51. The molecule has 0 aliphatic heterocycles. The Balaban J connectivity index is 1.64. The van der Waals surface area contributed by atoms with Crippen LogP contribution in [-0.2, 0) is 0 Å². The molecule has 0 radical (unpaired) electrons. The molecule has 2 aliphatic rings. The van der Waals surface area contributed by atoms with Crippen LogP contribution in [0.1, 0.15) is 71.1 Å². The Bertz CT molecular complexity index is 161. The van der Waals surface area contributed by atoms with Gasteiger partial charge in [0.15, 0.2) is 0 Å². The van der Waals surface area contributed by atoms with Crippen LogP contribution in [0, 0.1) is 0 Å². The topological polar surface area (TPSA) is 24.1 Å². The van der Waals surface area contributed by atoms with Crippen molar-refractivity contribution in [2.24, 2.45) is 0 Å². The van der Waals surface area contributed by atoms with Crippen molar-refractivity contribution in [3.63, 3.8) is 0 Å². The molecule has 0 bridgehead atoms. The van der Waals surface area contributed by atoms with Crippen molar-refractivity contribution in [2.75, 3.05) is 0 Å². The summed E-state index contributed by atoms with van der Waals surface area (Å²) in [5.74, 6) is 0. The molecule has 16 heavy (non-hydrogen) atoms. The first-order valence-electron chi connectivity index (χ1n) is 7.37. The monoisotopic (exact) mass is 224 g/mol. The fraction of sp³-hybridized carbons (Fsp3) is 1.00. The minimum absolute atomic E-state index is 0.506. The average Bonchev–Trinajstić information content (AvgIpc) is 2.31. The van der Waals surface area contributed by atoms with Gasteiger partial charge in [-0.15, -0.1) is 0 Å². The molecule has 2 aliphatic carbocycles. The Labute approximate surface area is 101 Å². The van der Waals surface area contributed by atoms with Crippen molar-refractivity contribution >= 4 is 0 Å². The van der Waals surface area contributed by atoms with E-state index in [1.807, 2.05) is 0 Å². The number of nitrogens with one attached hydrogen (secondary N) is 2. The smallest absolute Gasteiger partial charge is 0.0546 e. The third kappa shape index (κ3) is 4.06. The van der Waals surface area contributed by atoms with Crippen LogP contribution in [0.4, 0.5) is 0 Å². The van der Waals surface area contributed by atoms with Crippen molar-refractivity contribution in [3.05, 3.63) is 0 Å². The summed E-state index contributed by atoms with van der Waals surface area (Å²) in [6, 6.07) is 1.56. The number of hydrogen-bond donors (Lipinski definition) is 2. The van der Waals surface area contributed by atoms with Crippen LogP contribution in [0.5, 0.6) is 0 Å². The van der Waals surface area contributed by atoms with E-state index in [1.54, 1.807) is 0 Å². The minimum atomic E-state index is 0.506. The first-order valence-corrected chi connectivity index (χ1v) is 7.37. The minimum Gasteiger partial charge on any atom is -0.299 e. The summed E-state index contributed by atoms with van der Waals surface area (Å²) in [4.78, 5) is 0. The molecule has 0 heterocycles. The maximum atomic E-state index is 3.75. The van der Waals surface area contributed by atoms with Crippen LogP contribution in [0.25, 0.3) is 0 Å². The molecule has 2 heteroatoms. The molecule has 0 saturated heterocycles. The normalized spacial score (nSPS) is 25.1. The lowest BCUT2D eigenvalue weighted by atomic mass is 9.94. The van der Waals surface area contributed by atoms with Gasteiger partial charge < -0.3 is 0 Å².